The zero-order valence-electron chi connectivity index (χ0n) is 8.66. The molecule has 0 amide bonds. The molecule has 0 saturated carbocycles. The average Bonchev–Trinajstić information content (AvgIpc) is 1.97. The van der Waals surface area contributed by atoms with Crippen molar-refractivity contribution in [3.05, 3.63) is 0 Å². The van der Waals surface area contributed by atoms with Crippen molar-refractivity contribution in [2.75, 3.05) is 26.2 Å². The van der Waals surface area contributed by atoms with Crippen molar-refractivity contribution < 1.29 is 10.2 Å². The molecule has 0 aromatic heterocycles. The lowest BCUT2D eigenvalue weighted by atomic mass is 9.88. The monoisotopic (exact) mass is 187 g/mol. The number of nitrogens with zero attached hydrogens (tertiary/aromatic N) is 1. The molecule has 1 aliphatic rings. The van der Waals surface area contributed by atoms with Crippen molar-refractivity contribution in [3.63, 3.8) is 0 Å². The van der Waals surface area contributed by atoms with E-state index in [0.717, 1.165) is 26.1 Å². The Hall–Kier alpha value is -0.120. The second kappa shape index (κ2) is 4.40. The molecule has 1 rings (SSSR count). The van der Waals surface area contributed by atoms with E-state index in [0.29, 0.717) is 12.3 Å². The highest BCUT2D eigenvalue weighted by Crippen LogP contribution is 2.26. The van der Waals surface area contributed by atoms with E-state index >= 15 is 0 Å². The molecule has 3 heteroatoms. The first-order valence-electron chi connectivity index (χ1n) is 5.11. The molecule has 1 fully saturated rings. The van der Waals surface area contributed by atoms with E-state index in [-0.39, 0.29) is 6.61 Å². The molecule has 0 unspecified atom stereocenters. The van der Waals surface area contributed by atoms with Gasteiger partial charge in [-0.25, -0.2) is 0 Å². The van der Waals surface area contributed by atoms with Gasteiger partial charge in [0.15, 0.2) is 0 Å². The molecule has 0 aromatic rings. The standard InChI is InChI=1S/C10H21NO2/c1-9(2)6-11-7-10(13,8-11)4-3-5-12/h9,12-13H,3-8H2,1-2H3. The minimum absolute atomic E-state index is 0.187. The number of β-amino-alcohol motifs (C(OH)–C–C–N with tert-alkyl or cyclic N) is 1. The highest BCUT2D eigenvalue weighted by atomic mass is 16.3. The summed E-state index contributed by atoms with van der Waals surface area (Å²) >= 11 is 0. The fourth-order valence-electron chi connectivity index (χ4n) is 2.00. The topological polar surface area (TPSA) is 43.7 Å². The van der Waals surface area contributed by atoms with Gasteiger partial charge >= 0.3 is 0 Å². The van der Waals surface area contributed by atoms with Gasteiger partial charge in [-0.1, -0.05) is 13.8 Å². The molecular formula is C10H21NO2. The molecule has 0 bridgehead atoms. The summed E-state index contributed by atoms with van der Waals surface area (Å²) in [6.45, 7) is 7.19. The van der Waals surface area contributed by atoms with Crippen LogP contribution in [-0.4, -0.2) is 47.0 Å². The normalized spacial score (nSPS) is 21.9. The fourth-order valence-corrected chi connectivity index (χ4v) is 2.00. The third-order valence-electron chi connectivity index (χ3n) is 2.46. The number of aliphatic hydroxyl groups excluding tert-OH is 1. The van der Waals surface area contributed by atoms with E-state index in [1.165, 1.54) is 0 Å². The van der Waals surface area contributed by atoms with Gasteiger partial charge in [-0.2, -0.15) is 0 Å². The zero-order valence-corrected chi connectivity index (χ0v) is 8.66. The third-order valence-corrected chi connectivity index (χ3v) is 2.46. The third kappa shape index (κ3) is 3.25. The quantitative estimate of drug-likeness (QED) is 0.657. The second-order valence-corrected chi connectivity index (χ2v) is 4.61. The van der Waals surface area contributed by atoms with Gasteiger partial charge < -0.3 is 10.2 Å². The van der Waals surface area contributed by atoms with Crippen molar-refractivity contribution >= 4 is 0 Å². The van der Waals surface area contributed by atoms with Crippen LogP contribution in [0.3, 0.4) is 0 Å². The summed E-state index contributed by atoms with van der Waals surface area (Å²) in [5.41, 5.74) is -0.502. The molecule has 1 heterocycles. The molecule has 2 N–H and O–H groups in total. The molecule has 0 spiro atoms. The van der Waals surface area contributed by atoms with E-state index in [4.69, 9.17) is 5.11 Å². The SMILES string of the molecule is CC(C)CN1CC(O)(CCCO)C1. The number of hydrogen-bond acceptors (Lipinski definition) is 3. The smallest absolute Gasteiger partial charge is 0.0901 e. The summed E-state index contributed by atoms with van der Waals surface area (Å²) in [5, 5.41) is 18.5. The lowest BCUT2D eigenvalue weighted by molar-refractivity contribution is -0.108. The van der Waals surface area contributed by atoms with E-state index in [9.17, 15) is 5.11 Å². The summed E-state index contributed by atoms with van der Waals surface area (Å²) in [6, 6.07) is 0. The molecule has 1 saturated heterocycles. The maximum absolute atomic E-state index is 9.87. The Balaban J connectivity index is 2.15. The molecule has 0 atom stereocenters. The zero-order chi connectivity index (χ0) is 9.90. The summed E-state index contributed by atoms with van der Waals surface area (Å²) in [5.74, 6) is 0.669. The fraction of sp³-hybridized carbons (Fsp3) is 1.00. The Morgan fingerprint density at radius 1 is 1.38 bits per heavy atom. The van der Waals surface area contributed by atoms with Gasteiger partial charge in [0.1, 0.15) is 0 Å². The molecule has 0 radical (unpaired) electrons. The summed E-state index contributed by atoms with van der Waals surface area (Å²) in [7, 11) is 0. The van der Waals surface area contributed by atoms with Gasteiger partial charge in [0.25, 0.3) is 0 Å². The van der Waals surface area contributed by atoms with Gasteiger partial charge in [-0.15, -0.1) is 0 Å². The van der Waals surface area contributed by atoms with Crippen LogP contribution < -0.4 is 0 Å². The van der Waals surface area contributed by atoms with Gasteiger partial charge in [-0.05, 0) is 18.8 Å². The Labute approximate surface area is 80.4 Å². The van der Waals surface area contributed by atoms with Crippen LogP contribution in [0.4, 0.5) is 0 Å². The predicted molar refractivity (Wildman–Crippen MR) is 52.5 cm³/mol. The van der Waals surface area contributed by atoms with E-state index < -0.39 is 5.60 Å². The number of likely N-dealkylation sites (tertiary alicyclic amines) is 1. The molecule has 1 aliphatic heterocycles. The predicted octanol–water partition coefficient (Wildman–Crippen LogP) is 0.462. The van der Waals surface area contributed by atoms with E-state index in [2.05, 4.69) is 18.7 Å². The van der Waals surface area contributed by atoms with Crippen LogP contribution >= 0.6 is 0 Å². The maximum atomic E-state index is 9.87. The highest BCUT2D eigenvalue weighted by molar-refractivity contribution is 4.95. The van der Waals surface area contributed by atoms with Crippen molar-refractivity contribution in [3.8, 4) is 0 Å². The van der Waals surface area contributed by atoms with Gasteiger partial charge in [0.2, 0.25) is 0 Å². The average molecular weight is 187 g/mol. The first-order chi connectivity index (χ1) is 6.06. The minimum atomic E-state index is -0.502. The Morgan fingerprint density at radius 2 is 2.00 bits per heavy atom. The van der Waals surface area contributed by atoms with Gasteiger partial charge in [0, 0.05) is 26.2 Å². The Bertz CT molecular complexity index is 153. The number of rotatable bonds is 5. The molecular weight excluding hydrogens is 166 g/mol. The van der Waals surface area contributed by atoms with Crippen LogP contribution in [0, 0.1) is 5.92 Å². The lowest BCUT2D eigenvalue weighted by Gasteiger charge is -2.47. The first-order valence-corrected chi connectivity index (χ1v) is 5.11. The molecule has 13 heavy (non-hydrogen) atoms. The summed E-state index contributed by atoms with van der Waals surface area (Å²) < 4.78 is 0. The van der Waals surface area contributed by atoms with Gasteiger partial charge in [-0.3, -0.25) is 4.90 Å². The van der Waals surface area contributed by atoms with E-state index in [1.807, 2.05) is 0 Å². The van der Waals surface area contributed by atoms with Crippen LogP contribution in [0.15, 0.2) is 0 Å². The molecule has 0 aliphatic carbocycles. The highest BCUT2D eigenvalue weighted by Gasteiger charge is 2.40. The van der Waals surface area contributed by atoms with Crippen molar-refractivity contribution in [1.29, 1.82) is 0 Å². The van der Waals surface area contributed by atoms with Crippen molar-refractivity contribution in [2.24, 2.45) is 5.92 Å². The number of hydrogen-bond donors (Lipinski definition) is 2. The maximum Gasteiger partial charge on any atom is 0.0901 e. The molecule has 78 valence electrons. The van der Waals surface area contributed by atoms with Crippen molar-refractivity contribution in [2.45, 2.75) is 32.3 Å². The van der Waals surface area contributed by atoms with Crippen LogP contribution in [0.5, 0.6) is 0 Å². The van der Waals surface area contributed by atoms with Crippen LogP contribution in [0.25, 0.3) is 0 Å². The molecule has 3 nitrogen and oxygen atoms in total. The second-order valence-electron chi connectivity index (χ2n) is 4.61. The summed E-state index contributed by atoms with van der Waals surface area (Å²) in [6.07, 6.45) is 1.45. The van der Waals surface area contributed by atoms with Gasteiger partial charge in [0.05, 0.1) is 5.60 Å². The number of aliphatic hydroxyl groups is 2. The van der Waals surface area contributed by atoms with Crippen molar-refractivity contribution in [1.82, 2.24) is 4.90 Å². The molecule has 0 aromatic carbocycles. The first kappa shape index (κ1) is 11.0. The van der Waals surface area contributed by atoms with Crippen LogP contribution in [-0.2, 0) is 0 Å². The summed E-state index contributed by atoms with van der Waals surface area (Å²) in [4.78, 5) is 2.27. The van der Waals surface area contributed by atoms with E-state index in [1.54, 1.807) is 0 Å². The Morgan fingerprint density at radius 3 is 2.46 bits per heavy atom. The lowest BCUT2D eigenvalue weighted by Crippen LogP contribution is -2.62. The largest absolute Gasteiger partial charge is 0.396 e. The van der Waals surface area contributed by atoms with Crippen LogP contribution in [0.2, 0.25) is 0 Å². The minimum Gasteiger partial charge on any atom is -0.396 e. The van der Waals surface area contributed by atoms with Crippen LogP contribution in [0.1, 0.15) is 26.7 Å². The Kier molecular flexibility index (Phi) is 3.71.